The van der Waals surface area contributed by atoms with Crippen LogP contribution in [0.3, 0.4) is 0 Å². The van der Waals surface area contributed by atoms with Gasteiger partial charge in [0.1, 0.15) is 5.75 Å². The van der Waals surface area contributed by atoms with Crippen LogP contribution in [-0.2, 0) is 11.2 Å². The molecule has 2 amide bonds. The van der Waals surface area contributed by atoms with Crippen molar-refractivity contribution in [2.75, 3.05) is 45.2 Å². The first-order chi connectivity index (χ1) is 13.6. The average Bonchev–Trinajstić information content (AvgIpc) is 2.74. The molecule has 0 saturated carbocycles. The first-order valence-electron chi connectivity index (χ1n) is 9.63. The number of ether oxygens (including phenoxy) is 1. The fraction of sp³-hybridized carbons (Fsp3) is 0.364. The number of piperazine rings is 1. The van der Waals surface area contributed by atoms with Crippen LogP contribution < -0.4 is 10.1 Å². The molecule has 1 N–H and O–H groups in total. The molecule has 2 aromatic carbocycles. The van der Waals surface area contributed by atoms with Gasteiger partial charge in [-0.05, 0) is 48.4 Å². The summed E-state index contributed by atoms with van der Waals surface area (Å²) >= 11 is 0. The van der Waals surface area contributed by atoms with Gasteiger partial charge in [0.05, 0.1) is 13.7 Å². The molecule has 0 atom stereocenters. The molecule has 28 heavy (non-hydrogen) atoms. The lowest BCUT2D eigenvalue weighted by atomic mass is 10.1. The number of benzene rings is 2. The molecule has 0 spiro atoms. The van der Waals surface area contributed by atoms with Gasteiger partial charge in [0, 0.05) is 37.4 Å². The van der Waals surface area contributed by atoms with Crippen molar-refractivity contribution in [3.05, 3.63) is 59.7 Å². The van der Waals surface area contributed by atoms with Crippen molar-refractivity contribution in [1.29, 1.82) is 0 Å². The van der Waals surface area contributed by atoms with Crippen LogP contribution >= 0.6 is 0 Å². The van der Waals surface area contributed by atoms with E-state index >= 15 is 0 Å². The molecule has 1 heterocycles. The zero-order valence-electron chi connectivity index (χ0n) is 16.5. The second-order valence-corrected chi connectivity index (χ2v) is 6.90. The monoisotopic (exact) mass is 381 g/mol. The molecule has 6 nitrogen and oxygen atoms in total. The number of carbonyl (C=O) groups excluding carboxylic acids is 2. The molecule has 1 fully saturated rings. The van der Waals surface area contributed by atoms with Crippen LogP contribution in [0.25, 0.3) is 0 Å². The molecule has 6 heteroatoms. The number of hydrogen-bond donors (Lipinski definition) is 1. The second-order valence-electron chi connectivity index (χ2n) is 6.90. The predicted octanol–water partition coefficient (Wildman–Crippen LogP) is 2.65. The lowest BCUT2D eigenvalue weighted by molar-refractivity contribution is -0.117. The number of hydrogen-bond acceptors (Lipinski definition) is 4. The van der Waals surface area contributed by atoms with Crippen LogP contribution in [0, 0.1) is 0 Å². The Morgan fingerprint density at radius 3 is 2.39 bits per heavy atom. The normalized spacial score (nSPS) is 14.6. The van der Waals surface area contributed by atoms with Gasteiger partial charge < -0.3 is 15.0 Å². The largest absolute Gasteiger partial charge is 0.497 e. The van der Waals surface area contributed by atoms with E-state index in [0.717, 1.165) is 17.9 Å². The molecule has 2 aromatic rings. The number of amides is 2. The highest BCUT2D eigenvalue weighted by molar-refractivity contribution is 5.94. The fourth-order valence-electron chi connectivity index (χ4n) is 3.30. The fourth-order valence-corrected chi connectivity index (χ4v) is 3.30. The number of rotatable bonds is 6. The minimum atomic E-state index is -0.0248. The number of aryl methyl sites for hydroxylation is 1. The predicted molar refractivity (Wildman–Crippen MR) is 110 cm³/mol. The van der Waals surface area contributed by atoms with Gasteiger partial charge in [-0.2, -0.15) is 0 Å². The van der Waals surface area contributed by atoms with E-state index in [9.17, 15) is 9.59 Å². The highest BCUT2D eigenvalue weighted by atomic mass is 16.5. The summed E-state index contributed by atoms with van der Waals surface area (Å²) in [6.45, 7) is 5.02. The minimum absolute atomic E-state index is 0.0168. The smallest absolute Gasteiger partial charge is 0.253 e. The van der Waals surface area contributed by atoms with E-state index in [-0.39, 0.29) is 11.8 Å². The van der Waals surface area contributed by atoms with Gasteiger partial charge in [0.25, 0.3) is 5.91 Å². The number of carbonyl (C=O) groups is 2. The van der Waals surface area contributed by atoms with Crippen molar-refractivity contribution >= 4 is 17.5 Å². The Kier molecular flexibility index (Phi) is 6.66. The standard InChI is InChI=1S/C22H27N3O3/c1-3-17-5-4-6-19(15-17)23-21(26)16-24-11-13-25(14-12-24)22(27)18-7-9-20(28-2)10-8-18/h4-10,15H,3,11-14,16H2,1-2H3,(H,23,26). The third kappa shape index (κ3) is 5.10. The Morgan fingerprint density at radius 2 is 1.75 bits per heavy atom. The summed E-state index contributed by atoms with van der Waals surface area (Å²) in [5.41, 5.74) is 2.68. The van der Waals surface area contributed by atoms with Gasteiger partial charge in [-0.1, -0.05) is 19.1 Å². The van der Waals surface area contributed by atoms with Gasteiger partial charge in [-0.15, -0.1) is 0 Å². The number of methoxy groups -OCH3 is 1. The Bertz CT molecular complexity index is 812. The van der Waals surface area contributed by atoms with Crippen LogP contribution in [0.4, 0.5) is 5.69 Å². The Hall–Kier alpha value is -2.86. The summed E-state index contributed by atoms with van der Waals surface area (Å²) in [6, 6.07) is 15.1. The topological polar surface area (TPSA) is 61.9 Å². The van der Waals surface area contributed by atoms with Crippen LogP contribution in [0.15, 0.2) is 48.5 Å². The summed E-state index contributed by atoms with van der Waals surface area (Å²) in [7, 11) is 1.60. The SMILES string of the molecule is CCc1cccc(NC(=O)CN2CCN(C(=O)c3ccc(OC)cc3)CC2)c1. The number of nitrogens with zero attached hydrogens (tertiary/aromatic N) is 2. The molecule has 3 rings (SSSR count). The van der Waals surface area contributed by atoms with Crippen molar-refractivity contribution in [1.82, 2.24) is 9.80 Å². The van der Waals surface area contributed by atoms with Crippen LogP contribution in [0.1, 0.15) is 22.8 Å². The van der Waals surface area contributed by atoms with Gasteiger partial charge in [0.2, 0.25) is 5.91 Å². The summed E-state index contributed by atoms with van der Waals surface area (Å²) < 4.78 is 5.13. The van der Waals surface area contributed by atoms with Gasteiger partial charge in [-0.25, -0.2) is 0 Å². The van der Waals surface area contributed by atoms with Gasteiger partial charge >= 0.3 is 0 Å². The summed E-state index contributed by atoms with van der Waals surface area (Å²) in [6.07, 6.45) is 0.938. The van der Waals surface area contributed by atoms with Gasteiger partial charge in [-0.3, -0.25) is 14.5 Å². The Balaban J connectivity index is 1.47. The van der Waals surface area contributed by atoms with Crippen molar-refractivity contribution in [2.24, 2.45) is 0 Å². The molecule has 148 valence electrons. The molecule has 1 aliphatic rings. The van der Waals surface area contributed by atoms with Crippen LogP contribution in [0.5, 0.6) is 5.75 Å². The van der Waals surface area contributed by atoms with E-state index in [2.05, 4.69) is 23.2 Å². The van der Waals surface area contributed by atoms with Crippen LogP contribution in [-0.4, -0.2) is 61.4 Å². The zero-order valence-corrected chi connectivity index (χ0v) is 16.5. The maximum atomic E-state index is 12.6. The molecule has 1 aliphatic heterocycles. The Labute approximate surface area is 166 Å². The first kappa shape index (κ1) is 19.9. The quantitative estimate of drug-likeness (QED) is 0.836. The molecular weight excluding hydrogens is 354 g/mol. The second kappa shape index (κ2) is 9.37. The van der Waals surface area contributed by atoms with Crippen molar-refractivity contribution in [2.45, 2.75) is 13.3 Å². The first-order valence-corrected chi connectivity index (χ1v) is 9.63. The maximum absolute atomic E-state index is 12.6. The molecule has 1 saturated heterocycles. The average molecular weight is 381 g/mol. The molecule has 0 radical (unpaired) electrons. The number of anilines is 1. The summed E-state index contributed by atoms with van der Waals surface area (Å²) in [5.74, 6) is 0.725. The lowest BCUT2D eigenvalue weighted by Gasteiger charge is -2.34. The highest BCUT2D eigenvalue weighted by Gasteiger charge is 2.23. The van der Waals surface area contributed by atoms with Gasteiger partial charge in [0.15, 0.2) is 0 Å². The van der Waals surface area contributed by atoms with Crippen molar-refractivity contribution in [3.8, 4) is 5.75 Å². The van der Waals surface area contributed by atoms with E-state index in [1.807, 2.05) is 23.1 Å². The van der Waals surface area contributed by atoms with E-state index in [1.165, 1.54) is 5.56 Å². The zero-order chi connectivity index (χ0) is 19.9. The van der Waals surface area contributed by atoms with E-state index < -0.39 is 0 Å². The van der Waals surface area contributed by atoms with Crippen LogP contribution in [0.2, 0.25) is 0 Å². The van der Waals surface area contributed by atoms with Crippen molar-refractivity contribution < 1.29 is 14.3 Å². The third-order valence-electron chi connectivity index (χ3n) is 4.98. The molecule has 0 aliphatic carbocycles. The van der Waals surface area contributed by atoms with Crippen molar-refractivity contribution in [3.63, 3.8) is 0 Å². The molecule has 0 unspecified atom stereocenters. The number of nitrogens with one attached hydrogen (secondary N) is 1. The summed E-state index contributed by atoms with van der Waals surface area (Å²) in [5, 5.41) is 2.96. The molecule has 0 bridgehead atoms. The minimum Gasteiger partial charge on any atom is -0.497 e. The molecular formula is C22H27N3O3. The lowest BCUT2D eigenvalue weighted by Crippen LogP contribution is -2.50. The van der Waals surface area contributed by atoms with E-state index in [0.29, 0.717) is 38.3 Å². The Morgan fingerprint density at radius 1 is 1.04 bits per heavy atom. The van der Waals surface area contributed by atoms with E-state index in [4.69, 9.17) is 4.74 Å². The maximum Gasteiger partial charge on any atom is 0.253 e. The van der Waals surface area contributed by atoms with E-state index in [1.54, 1.807) is 31.4 Å². The molecule has 0 aromatic heterocycles. The highest BCUT2D eigenvalue weighted by Crippen LogP contribution is 2.15. The third-order valence-corrected chi connectivity index (χ3v) is 4.98. The summed E-state index contributed by atoms with van der Waals surface area (Å²) in [4.78, 5) is 28.9.